The molecule has 2 rings (SSSR count). The van der Waals surface area contributed by atoms with Crippen LogP contribution in [0.5, 0.6) is 5.75 Å². The van der Waals surface area contributed by atoms with Crippen LogP contribution in [0.3, 0.4) is 0 Å². The van der Waals surface area contributed by atoms with E-state index in [2.05, 4.69) is 23.1 Å². The molecule has 1 aliphatic rings. The maximum atomic E-state index is 5.87. The van der Waals surface area contributed by atoms with Crippen LogP contribution in [0, 0.1) is 6.42 Å². The summed E-state index contributed by atoms with van der Waals surface area (Å²) in [5.41, 5.74) is 1.01. The molecule has 0 atom stereocenters. The quantitative estimate of drug-likeness (QED) is 0.646. The van der Waals surface area contributed by atoms with Crippen LogP contribution in [-0.2, 0) is 0 Å². The molecule has 0 bridgehead atoms. The average molecular weight is 308 g/mol. The second-order valence-corrected chi connectivity index (χ2v) is 5.02. The molecular weight excluding hydrogens is 292 g/mol. The van der Waals surface area contributed by atoms with Crippen molar-refractivity contribution in [1.82, 2.24) is 10.6 Å². The van der Waals surface area contributed by atoms with Crippen molar-refractivity contribution in [2.75, 3.05) is 13.2 Å². The van der Waals surface area contributed by atoms with E-state index in [0.717, 1.165) is 17.9 Å². The molecule has 0 heterocycles. The standard InChI is InChI=1S/C15H16ClN2OS/c16-12-5-4-8-14(11-12)19-10-9-17-15(20)18-13-6-2-1-3-7-13/h1-2,4-8,11H,3,9-10H2,(H2,17,18,20). The second-order valence-electron chi connectivity index (χ2n) is 4.18. The third-order valence-electron chi connectivity index (χ3n) is 2.60. The molecule has 0 saturated heterocycles. The number of benzene rings is 1. The SMILES string of the molecule is S=C(NCCOc1cccc(Cl)c1)NC1=CC[CH]C=C1. The van der Waals surface area contributed by atoms with E-state index < -0.39 is 0 Å². The van der Waals surface area contributed by atoms with E-state index >= 15 is 0 Å². The maximum Gasteiger partial charge on any atom is 0.170 e. The zero-order valence-electron chi connectivity index (χ0n) is 10.9. The summed E-state index contributed by atoms with van der Waals surface area (Å²) in [5.74, 6) is 0.756. The molecule has 0 spiro atoms. The smallest absolute Gasteiger partial charge is 0.170 e. The lowest BCUT2D eigenvalue weighted by atomic mass is 10.1. The maximum absolute atomic E-state index is 5.87. The molecule has 3 nitrogen and oxygen atoms in total. The van der Waals surface area contributed by atoms with E-state index in [0.29, 0.717) is 23.3 Å². The molecule has 0 amide bonds. The summed E-state index contributed by atoms with van der Waals surface area (Å²) in [4.78, 5) is 0. The zero-order chi connectivity index (χ0) is 14.2. The van der Waals surface area contributed by atoms with Crippen LogP contribution < -0.4 is 15.4 Å². The molecule has 0 fully saturated rings. The van der Waals surface area contributed by atoms with Gasteiger partial charge in [0, 0.05) is 10.7 Å². The highest BCUT2D eigenvalue weighted by atomic mass is 35.5. The van der Waals surface area contributed by atoms with Crippen LogP contribution in [0.4, 0.5) is 0 Å². The number of thiocarbonyl (C=S) groups is 1. The summed E-state index contributed by atoms with van der Waals surface area (Å²) in [5, 5.41) is 7.48. The van der Waals surface area contributed by atoms with Crippen LogP contribution in [0.15, 0.2) is 48.2 Å². The first-order valence-corrected chi connectivity index (χ1v) is 7.16. The highest BCUT2D eigenvalue weighted by Gasteiger charge is 2.00. The van der Waals surface area contributed by atoms with Crippen molar-refractivity contribution in [3.05, 3.63) is 59.6 Å². The molecule has 2 N–H and O–H groups in total. The van der Waals surface area contributed by atoms with Crippen molar-refractivity contribution in [2.45, 2.75) is 6.42 Å². The Labute approximate surface area is 129 Å². The molecule has 0 aliphatic heterocycles. The van der Waals surface area contributed by atoms with E-state index in [1.165, 1.54) is 0 Å². The zero-order valence-corrected chi connectivity index (χ0v) is 12.5. The highest BCUT2D eigenvalue weighted by molar-refractivity contribution is 7.80. The highest BCUT2D eigenvalue weighted by Crippen LogP contribution is 2.16. The van der Waals surface area contributed by atoms with Gasteiger partial charge in [-0.25, -0.2) is 0 Å². The number of hydrogen-bond donors (Lipinski definition) is 2. The Morgan fingerprint density at radius 1 is 1.40 bits per heavy atom. The number of halogens is 1. The van der Waals surface area contributed by atoms with E-state index in [1.54, 1.807) is 6.07 Å². The first-order chi connectivity index (χ1) is 9.74. The van der Waals surface area contributed by atoms with Crippen molar-refractivity contribution in [3.8, 4) is 5.75 Å². The molecule has 105 valence electrons. The van der Waals surface area contributed by atoms with Gasteiger partial charge >= 0.3 is 0 Å². The van der Waals surface area contributed by atoms with E-state index in [-0.39, 0.29) is 0 Å². The third kappa shape index (κ3) is 5.23. The van der Waals surface area contributed by atoms with Crippen molar-refractivity contribution in [1.29, 1.82) is 0 Å². The molecule has 1 radical (unpaired) electrons. The molecule has 5 heteroatoms. The minimum atomic E-state index is 0.519. The first kappa shape index (κ1) is 14.9. The minimum absolute atomic E-state index is 0.519. The van der Waals surface area contributed by atoms with E-state index in [1.807, 2.05) is 30.4 Å². The van der Waals surface area contributed by atoms with Crippen LogP contribution in [0.1, 0.15) is 6.42 Å². The number of nitrogens with one attached hydrogen (secondary N) is 2. The van der Waals surface area contributed by atoms with Crippen LogP contribution in [0.25, 0.3) is 0 Å². The summed E-state index contributed by atoms with van der Waals surface area (Å²) in [6.07, 6.45) is 9.09. The van der Waals surface area contributed by atoms with Gasteiger partial charge in [0.2, 0.25) is 0 Å². The summed E-state index contributed by atoms with van der Waals surface area (Å²) >= 11 is 11.1. The Hall–Kier alpha value is -1.52. The first-order valence-electron chi connectivity index (χ1n) is 6.37. The van der Waals surface area contributed by atoms with Gasteiger partial charge in [0.25, 0.3) is 0 Å². The van der Waals surface area contributed by atoms with Crippen LogP contribution in [-0.4, -0.2) is 18.3 Å². The van der Waals surface area contributed by atoms with Gasteiger partial charge in [-0.05, 0) is 49.3 Å². The van der Waals surface area contributed by atoms with Gasteiger partial charge in [-0.15, -0.1) is 0 Å². The molecular formula is C15H16ClN2OS. The monoisotopic (exact) mass is 307 g/mol. The topological polar surface area (TPSA) is 33.3 Å². The predicted molar refractivity (Wildman–Crippen MR) is 86.8 cm³/mol. The van der Waals surface area contributed by atoms with Gasteiger partial charge in [0.15, 0.2) is 5.11 Å². The van der Waals surface area contributed by atoms with E-state index in [9.17, 15) is 0 Å². The van der Waals surface area contributed by atoms with Crippen LogP contribution >= 0.6 is 23.8 Å². The van der Waals surface area contributed by atoms with Gasteiger partial charge in [-0.1, -0.05) is 29.8 Å². The number of ether oxygens (including phenoxy) is 1. The van der Waals surface area contributed by atoms with Gasteiger partial charge in [-0.2, -0.15) is 0 Å². The van der Waals surface area contributed by atoms with Crippen LogP contribution in [0.2, 0.25) is 5.02 Å². The summed E-state index contributed by atoms with van der Waals surface area (Å²) < 4.78 is 5.56. The predicted octanol–water partition coefficient (Wildman–Crippen LogP) is 3.23. The number of rotatable bonds is 5. The molecule has 20 heavy (non-hydrogen) atoms. The van der Waals surface area contributed by atoms with Gasteiger partial charge in [-0.3, -0.25) is 0 Å². The minimum Gasteiger partial charge on any atom is -0.492 e. The number of hydrogen-bond acceptors (Lipinski definition) is 2. The van der Waals surface area contributed by atoms with Crippen molar-refractivity contribution < 1.29 is 4.74 Å². The lowest BCUT2D eigenvalue weighted by molar-refractivity contribution is 0.322. The fourth-order valence-electron chi connectivity index (χ4n) is 1.67. The Morgan fingerprint density at radius 3 is 3.05 bits per heavy atom. The molecule has 0 aromatic heterocycles. The molecule has 1 aliphatic carbocycles. The normalized spacial score (nSPS) is 13.6. The largest absolute Gasteiger partial charge is 0.492 e. The number of allylic oxidation sites excluding steroid dienone is 3. The van der Waals surface area contributed by atoms with Crippen molar-refractivity contribution in [2.24, 2.45) is 0 Å². The molecule has 1 aromatic carbocycles. The Balaban J connectivity index is 1.64. The van der Waals surface area contributed by atoms with Crippen molar-refractivity contribution >= 4 is 28.9 Å². The summed E-state index contributed by atoms with van der Waals surface area (Å²) in [6, 6.07) is 7.33. The van der Waals surface area contributed by atoms with Gasteiger partial charge < -0.3 is 15.4 Å². The summed E-state index contributed by atoms with van der Waals surface area (Å²) in [6.45, 7) is 1.15. The van der Waals surface area contributed by atoms with Gasteiger partial charge in [0.1, 0.15) is 12.4 Å². The Kier molecular flexibility index (Phi) is 5.89. The van der Waals surface area contributed by atoms with E-state index in [4.69, 9.17) is 28.6 Å². The van der Waals surface area contributed by atoms with Gasteiger partial charge in [0.05, 0.1) is 6.54 Å². The fraction of sp³-hybridized carbons (Fsp3) is 0.200. The molecule has 0 saturated carbocycles. The molecule has 1 aromatic rings. The second kappa shape index (κ2) is 7.92. The third-order valence-corrected chi connectivity index (χ3v) is 3.08. The average Bonchev–Trinajstić information content (AvgIpc) is 2.45. The molecule has 0 unspecified atom stereocenters. The fourth-order valence-corrected chi connectivity index (χ4v) is 2.07. The lowest BCUT2D eigenvalue weighted by Crippen LogP contribution is -2.36. The van der Waals surface area contributed by atoms with Crippen molar-refractivity contribution in [3.63, 3.8) is 0 Å². The Bertz CT molecular complexity index is 528. The Morgan fingerprint density at radius 2 is 2.30 bits per heavy atom. The lowest BCUT2D eigenvalue weighted by Gasteiger charge is -2.13. The summed E-state index contributed by atoms with van der Waals surface area (Å²) in [7, 11) is 0.